The molecule has 1 aromatic heterocycles. The van der Waals surface area contributed by atoms with Gasteiger partial charge in [-0.1, -0.05) is 12.1 Å². The van der Waals surface area contributed by atoms with Crippen molar-refractivity contribution in [3.8, 4) is 5.75 Å². The zero-order valence-electron chi connectivity index (χ0n) is 11.7. The van der Waals surface area contributed by atoms with Gasteiger partial charge in [-0.3, -0.25) is 4.79 Å². The molecule has 2 aromatic rings. The summed E-state index contributed by atoms with van der Waals surface area (Å²) in [4.78, 5) is 15.7. The largest absolute Gasteiger partial charge is 0.497 e. The second-order valence-electron chi connectivity index (χ2n) is 4.49. The summed E-state index contributed by atoms with van der Waals surface area (Å²) in [5.74, 6) is 1.51. The number of aromatic nitrogens is 1. The van der Waals surface area contributed by atoms with Gasteiger partial charge in [0.05, 0.1) is 19.3 Å². The highest BCUT2D eigenvalue weighted by molar-refractivity contribution is 5.76. The highest BCUT2D eigenvalue weighted by atomic mass is 16.5. The summed E-state index contributed by atoms with van der Waals surface area (Å²) in [6.07, 6.45) is 2.53. The van der Waals surface area contributed by atoms with Gasteiger partial charge in [0.2, 0.25) is 5.91 Å². The third-order valence-electron chi connectivity index (χ3n) is 3.09. The maximum atomic E-state index is 11.7. The lowest BCUT2D eigenvalue weighted by Crippen LogP contribution is -2.23. The fourth-order valence-electron chi connectivity index (χ4n) is 1.81. The van der Waals surface area contributed by atoms with Crippen molar-refractivity contribution in [2.75, 3.05) is 7.11 Å². The summed E-state index contributed by atoms with van der Waals surface area (Å²) in [5.41, 5.74) is 1.91. The van der Waals surface area contributed by atoms with Crippen molar-refractivity contribution in [3.63, 3.8) is 0 Å². The molecule has 0 spiro atoms. The van der Waals surface area contributed by atoms with Crippen LogP contribution in [0.1, 0.15) is 23.4 Å². The predicted molar refractivity (Wildman–Crippen MR) is 74.4 cm³/mol. The van der Waals surface area contributed by atoms with E-state index in [4.69, 9.17) is 9.15 Å². The van der Waals surface area contributed by atoms with Gasteiger partial charge in [-0.25, -0.2) is 4.98 Å². The summed E-state index contributed by atoms with van der Waals surface area (Å²) < 4.78 is 10.3. The Kier molecular flexibility index (Phi) is 4.76. The van der Waals surface area contributed by atoms with Crippen molar-refractivity contribution in [1.82, 2.24) is 10.3 Å². The molecule has 106 valence electrons. The number of hydrogen-bond acceptors (Lipinski definition) is 4. The van der Waals surface area contributed by atoms with E-state index in [0.29, 0.717) is 25.1 Å². The Hall–Kier alpha value is -2.30. The Morgan fingerprint density at radius 1 is 1.35 bits per heavy atom. The maximum Gasteiger partial charge on any atom is 0.220 e. The second-order valence-corrected chi connectivity index (χ2v) is 4.49. The number of carbonyl (C=O) groups excluding carboxylic acids is 1. The van der Waals surface area contributed by atoms with Gasteiger partial charge in [-0.05, 0) is 31.0 Å². The first kappa shape index (κ1) is 14.1. The number of aryl methyl sites for hydroxylation is 2. The SMILES string of the molecule is COc1ccc(CCC(=O)NCc2ocnc2C)cc1. The Bertz CT molecular complexity index is 561. The third kappa shape index (κ3) is 3.85. The number of benzene rings is 1. The van der Waals surface area contributed by atoms with Crippen molar-refractivity contribution >= 4 is 5.91 Å². The molecule has 0 fully saturated rings. The fourth-order valence-corrected chi connectivity index (χ4v) is 1.81. The third-order valence-corrected chi connectivity index (χ3v) is 3.09. The number of ether oxygens (including phenoxy) is 1. The molecule has 5 heteroatoms. The summed E-state index contributed by atoms with van der Waals surface area (Å²) in [5, 5.41) is 2.82. The molecule has 1 N–H and O–H groups in total. The van der Waals surface area contributed by atoms with E-state index in [2.05, 4.69) is 10.3 Å². The zero-order chi connectivity index (χ0) is 14.4. The van der Waals surface area contributed by atoms with Crippen molar-refractivity contribution in [3.05, 3.63) is 47.7 Å². The molecule has 1 amide bonds. The lowest BCUT2D eigenvalue weighted by molar-refractivity contribution is -0.121. The van der Waals surface area contributed by atoms with E-state index in [1.54, 1.807) is 7.11 Å². The Morgan fingerprint density at radius 2 is 2.10 bits per heavy atom. The predicted octanol–water partition coefficient (Wildman–Crippen LogP) is 2.24. The Morgan fingerprint density at radius 3 is 2.70 bits per heavy atom. The summed E-state index contributed by atoms with van der Waals surface area (Å²) in [7, 11) is 1.63. The van der Waals surface area contributed by atoms with E-state index < -0.39 is 0 Å². The number of amides is 1. The standard InChI is InChI=1S/C15H18N2O3/c1-11-14(20-10-17-11)9-16-15(18)8-5-12-3-6-13(19-2)7-4-12/h3-4,6-7,10H,5,8-9H2,1-2H3,(H,16,18). The average molecular weight is 274 g/mol. The van der Waals surface area contributed by atoms with Crippen LogP contribution < -0.4 is 10.1 Å². The smallest absolute Gasteiger partial charge is 0.220 e. The van der Waals surface area contributed by atoms with Gasteiger partial charge >= 0.3 is 0 Å². The number of rotatable bonds is 6. The molecule has 1 heterocycles. The van der Waals surface area contributed by atoms with Crippen LogP contribution in [0.3, 0.4) is 0 Å². The van der Waals surface area contributed by atoms with Gasteiger partial charge in [0.25, 0.3) is 0 Å². The van der Waals surface area contributed by atoms with Gasteiger partial charge in [-0.15, -0.1) is 0 Å². The lowest BCUT2D eigenvalue weighted by Gasteiger charge is -2.05. The molecule has 0 aliphatic rings. The molecule has 0 saturated heterocycles. The summed E-state index contributed by atoms with van der Waals surface area (Å²) in [6.45, 7) is 2.23. The molecule has 0 atom stereocenters. The van der Waals surface area contributed by atoms with E-state index in [9.17, 15) is 4.79 Å². The van der Waals surface area contributed by atoms with Crippen LogP contribution in [-0.2, 0) is 17.8 Å². The monoisotopic (exact) mass is 274 g/mol. The molecule has 2 rings (SSSR count). The normalized spacial score (nSPS) is 10.3. The molecular formula is C15H18N2O3. The molecule has 20 heavy (non-hydrogen) atoms. The maximum absolute atomic E-state index is 11.7. The first-order chi connectivity index (χ1) is 9.69. The number of nitrogens with zero attached hydrogens (tertiary/aromatic N) is 1. The molecule has 5 nitrogen and oxygen atoms in total. The van der Waals surface area contributed by atoms with Crippen LogP contribution >= 0.6 is 0 Å². The molecular weight excluding hydrogens is 256 g/mol. The quantitative estimate of drug-likeness (QED) is 0.877. The number of nitrogens with one attached hydrogen (secondary N) is 1. The molecule has 0 aliphatic carbocycles. The van der Waals surface area contributed by atoms with E-state index in [-0.39, 0.29) is 5.91 Å². The van der Waals surface area contributed by atoms with Gasteiger partial charge < -0.3 is 14.5 Å². The molecule has 1 aromatic carbocycles. The average Bonchev–Trinajstić information content (AvgIpc) is 2.89. The number of oxazole rings is 1. The molecule has 0 saturated carbocycles. The molecule has 0 bridgehead atoms. The van der Waals surface area contributed by atoms with Crippen LogP contribution in [-0.4, -0.2) is 18.0 Å². The lowest BCUT2D eigenvalue weighted by atomic mass is 10.1. The van der Waals surface area contributed by atoms with E-state index >= 15 is 0 Å². The second kappa shape index (κ2) is 6.75. The van der Waals surface area contributed by atoms with Crippen molar-refractivity contribution in [2.24, 2.45) is 0 Å². The first-order valence-corrected chi connectivity index (χ1v) is 6.47. The number of carbonyl (C=O) groups is 1. The molecule has 0 radical (unpaired) electrons. The highest BCUT2D eigenvalue weighted by Gasteiger charge is 2.06. The summed E-state index contributed by atoms with van der Waals surface area (Å²) >= 11 is 0. The van der Waals surface area contributed by atoms with Crippen LogP contribution in [0.25, 0.3) is 0 Å². The van der Waals surface area contributed by atoms with E-state index in [1.165, 1.54) is 6.39 Å². The Balaban J connectivity index is 1.75. The molecule has 0 unspecified atom stereocenters. The first-order valence-electron chi connectivity index (χ1n) is 6.47. The van der Waals surface area contributed by atoms with Gasteiger partial charge in [-0.2, -0.15) is 0 Å². The van der Waals surface area contributed by atoms with Gasteiger partial charge in [0.1, 0.15) is 11.5 Å². The fraction of sp³-hybridized carbons (Fsp3) is 0.333. The molecule has 0 aliphatic heterocycles. The number of hydrogen-bond donors (Lipinski definition) is 1. The number of methoxy groups -OCH3 is 1. The topological polar surface area (TPSA) is 64.4 Å². The van der Waals surface area contributed by atoms with Crippen LogP contribution in [0.2, 0.25) is 0 Å². The van der Waals surface area contributed by atoms with E-state index in [0.717, 1.165) is 17.0 Å². The van der Waals surface area contributed by atoms with Crippen LogP contribution in [0.15, 0.2) is 35.1 Å². The van der Waals surface area contributed by atoms with Crippen molar-refractivity contribution < 1.29 is 13.9 Å². The Labute approximate surface area is 118 Å². The minimum atomic E-state index is -0.00313. The van der Waals surface area contributed by atoms with Crippen LogP contribution in [0.5, 0.6) is 5.75 Å². The zero-order valence-corrected chi connectivity index (χ0v) is 11.7. The minimum Gasteiger partial charge on any atom is -0.497 e. The van der Waals surface area contributed by atoms with Gasteiger partial charge in [0, 0.05) is 6.42 Å². The van der Waals surface area contributed by atoms with Crippen LogP contribution in [0.4, 0.5) is 0 Å². The van der Waals surface area contributed by atoms with Crippen molar-refractivity contribution in [2.45, 2.75) is 26.3 Å². The van der Waals surface area contributed by atoms with Crippen molar-refractivity contribution in [1.29, 1.82) is 0 Å². The minimum absolute atomic E-state index is 0.00313. The highest BCUT2D eigenvalue weighted by Crippen LogP contribution is 2.12. The van der Waals surface area contributed by atoms with Crippen LogP contribution in [0, 0.1) is 6.92 Å². The summed E-state index contributed by atoms with van der Waals surface area (Å²) in [6, 6.07) is 7.72. The van der Waals surface area contributed by atoms with Gasteiger partial charge in [0.15, 0.2) is 6.39 Å². The van der Waals surface area contributed by atoms with E-state index in [1.807, 2.05) is 31.2 Å².